The van der Waals surface area contributed by atoms with E-state index in [0.29, 0.717) is 12.1 Å². The molecule has 1 unspecified atom stereocenters. The summed E-state index contributed by atoms with van der Waals surface area (Å²) < 4.78 is -0.536. The fourth-order valence-corrected chi connectivity index (χ4v) is 5.74. The molecule has 200 valence electrons. The summed E-state index contributed by atoms with van der Waals surface area (Å²) in [6.07, 6.45) is -0.586. The molecule has 1 heterocycles. The van der Waals surface area contributed by atoms with Gasteiger partial charge in [-0.25, -0.2) is 0 Å². The number of carbonyl (C=O) groups excluding carboxylic acids is 3. The van der Waals surface area contributed by atoms with Crippen LogP contribution in [0.3, 0.4) is 0 Å². The van der Waals surface area contributed by atoms with Crippen molar-refractivity contribution in [1.29, 1.82) is 0 Å². The highest BCUT2D eigenvalue weighted by atomic mass is 32.2. The number of thioether (sulfide) groups is 1. The number of hydrogen-bond donors (Lipinski definition) is 3. The van der Waals surface area contributed by atoms with Crippen LogP contribution in [0.25, 0.3) is 0 Å². The fourth-order valence-electron chi connectivity index (χ4n) is 4.61. The lowest BCUT2D eigenvalue weighted by Gasteiger charge is -2.35. The van der Waals surface area contributed by atoms with Crippen molar-refractivity contribution >= 4 is 29.5 Å². The molecule has 1 aliphatic heterocycles. The first-order valence-electron chi connectivity index (χ1n) is 12.5. The number of aliphatic hydroxyl groups is 1. The Labute approximate surface area is 223 Å². The van der Waals surface area contributed by atoms with Crippen LogP contribution in [0.4, 0.5) is 0 Å². The Bertz CT molecular complexity index is 1120. The van der Waals surface area contributed by atoms with E-state index in [1.165, 1.54) is 22.7 Å². The number of benzene rings is 2. The molecule has 2 aromatic carbocycles. The molecular formula is C28H37N3O5S. The maximum Gasteiger partial charge on any atom is 0.254 e. The second-order valence-corrected chi connectivity index (χ2v) is 11.6. The molecule has 1 saturated heterocycles. The molecule has 0 bridgehead atoms. The van der Waals surface area contributed by atoms with Crippen LogP contribution in [0.5, 0.6) is 5.75 Å². The summed E-state index contributed by atoms with van der Waals surface area (Å²) in [5, 5.41) is 24.2. The zero-order valence-electron chi connectivity index (χ0n) is 22.1. The quantitative estimate of drug-likeness (QED) is 0.463. The molecule has 0 spiro atoms. The first-order chi connectivity index (χ1) is 17.5. The van der Waals surface area contributed by atoms with Gasteiger partial charge in [-0.05, 0) is 51.3 Å². The Morgan fingerprint density at radius 1 is 1.16 bits per heavy atom. The molecule has 3 rings (SSSR count). The largest absolute Gasteiger partial charge is 0.508 e. The number of nitrogens with zero attached hydrogens (tertiary/aromatic N) is 2. The monoisotopic (exact) mass is 527 g/mol. The number of nitrogens with one attached hydrogen (secondary N) is 1. The Morgan fingerprint density at radius 3 is 2.49 bits per heavy atom. The van der Waals surface area contributed by atoms with Crippen molar-refractivity contribution in [3.63, 3.8) is 0 Å². The average molecular weight is 528 g/mol. The van der Waals surface area contributed by atoms with E-state index < -0.39 is 34.7 Å². The van der Waals surface area contributed by atoms with E-state index in [1.54, 1.807) is 31.0 Å². The van der Waals surface area contributed by atoms with Crippen molar-refractivity contribution in [2.24, 2.45) is 0 Å². The molecule has 9 heteroatoms. The van der Waals surface area contributed by atoms with Crippen molar-refractivity contribution in [3.05, 3.63) is 65.2 Å². The van der Waals surface area contributed by atoms with Crippen molar-refractivity contribution in [2.75, 3.05) is 19.5 Å². The van der Waals surface area contributed by atoms with Crippen molar-refractivity contribution in [1.82, 2.24) is 15.1 Å². The van der Waals surface area contributed by atoms with Gasteiger partial charge in [0.2, 0.25) is 5.91 Å². The summed E-state index contributed by atoms with van der Waals surface area (Å²) in [6, 6.07) is 12.2. The van der Waals surface area contributed by atoms with Crippen LogP contribution in [0.15, 0.2) is 48.5 Å². The molecule has 3 atom stereocenters. The Balaban J connectivity index is 1.89. The molecule has 8 nitrogen and oxygen atoms in total. The van der Waals surface area contributed by atoms with Gasteiger partial charge in [0.05, 0.1) is 11.9 Å². The van der Waals surface area contributed by atoms with Gasteiger partial charge in [0.25, 0.3) is 11.8 Å². The van der Waals surface area contributed by atoms with Crippen LogP contribution in [0.1, 0.15) is 48.7 Å². The lowest BCUT2D eigenvalue weighted by Crippen LogP contribution is -2.59. The lowest BCUT2D eigenvalue weighted by molar-refractivity contribution is -0.150. The minimum absolute atomic E-state index is 0.0160. The standard InChI is InChI=1S/C28H37N3O5S/c1-6-15-30(5)27(36)24-28(3,4)37-17-31(24)26(35)23(33)21(16-19-11-8-7-9-12-19)29-25(34)20-13-10-14-22(32)18(20)2/h7-14,21,23-24,32-33H,6,15-17H2,1-5H3,(H,29,34)/t21-,23-,24?/m0/s1. The number of aromatic hydroxyl groups is 1. The van der Waals surface area contributed by atoms with Gasteiger partial charge in [-0.3, -0.25) is 14.4 Å². The van der Waals surface area contributed by atoms with Gasteiger partial charge in [-0.15, -0.1) is 11.8 Å². The van der Waals surface area contributed by atoms with Crippen LogP contribution in [-0.4, -0.2) is 80.1 Å². The number of amides is 3. The lowest BCUT2D eigenvalue weighted by atomic mass is 9.96. The Morgan fingerprint density at radius 2 is 1.84 bits per heavy atom. The molecule has 37 heavy (non-hydrogen) atoms. The Kier molecular flexibility index (Phi) is 9.26. The van der Waals surface area contributed by atoms with Gasteiger partial charge in [-0.1, -0.05) is 43.3 Å². The van der Waals surface area contributed by atoms with Crippen molar-refractivity contribution in [2.45, 2.75) is 63.5 Å². The average Bonchev–Trinajstić information content (AvgIpc) is 3.19. The van der Waals surface area contributed by atoms with Crippen LogP contribution >= 0.6 is 11.8 Å². The zero-order chi connectivity index (χ0) is 27.3. The van der Waals surface area contributed by atoms with Crippen LogP contribution in [-0.2, 0) is 16.0 Å². The summed E-state index contributed by atoms with van der Waals surface area (Å²) in [5.74, 6) is -1.03. The maximum atomic E-state index is 13.7. The molecule has 0 aliphatic carbocycles. The highest BCUT2D eigenvalue weighted by molar-refractivity contribution is 8.00. The second-order valence-electron chi connectivity index (χ2n) is 10.0. The summed E-state index contributed by atoms with van der Waals surface area (Å²) in [5.41, 5.74) is 1.49. The van der Waals surface area contributed by atoms with Gasteiger partial charge in [0, 0.05) is 29.5 Å². The maximum absolute atomic E-state index is 13.7. The van der Waals surface area contributed by atoms with E-state index >= 15 is 0 Å². The van der Waals surface area contributed by atoms with Crippen LogP contribution < -0.4 is 5.32 Å². The third-order valence-electron chi connectivity index (χ3n) is 6.80. The highest BCUT2D eigenvalue weighted by Crippen LogP contribution is 2.40. The normalized spacial score (nSPS) is 18.2. The van der Waals surface area contributed by atoms with Crippen LogP contribution in [0, 0.1) is 6.92 Å². The Hall–Kier alpha value is -3.04. The molecule has 1 aliphatic rings. The molecule has 0 saturated carbocycles. The molecule has 0 aromatic heterocycles. The highest BCUT2D eigenvalue weighted by Gasteiger charge is 2.50. The van der Waals surface area contributed by atoms with Crippen molar-refractivity contribution < 1.29 is 24.6 Å². The van der Waals surface area contributed by atoms with E-state index in [-0.39, 0.29) is 29.5 Å². The predicted octanol–water partition coefficient (Wildman–Crippen LogP) is 2.95. The SMILES string of the molecule is CCCN(C)C(=O)C1N(C(=O)[C@@H](O)[C@H](Cc2ccccc2)NC(=O)c2cccc(O)c2C)CSC1(C)C. The molecule has 2 aromatic rings. The van der Waals surface area contributed by atoms with E-state index in [2.05, 4.69) is 5.32 Å². The van der Waals surface area contributed by atoms with Gasteiger partial charge in [0.1, 0.15) is 11.8 Å². The van der Waals surface area contributed by atoms with Gasteiger partial charge in [-0.2, -0.15) is 0 Å². The summed E-state index contributed by atoms with van der Waals surface area (Å²) >= 11 is 1.49. The molecular weight excluding hydrogens is 490 g/mol. The first kappa shape index (κ1) is 28.5. The zero-order valence-corrected chi connectivity index (χ0v) is 22.9. The van der Waals surface area contributed by atoms with Gasteiger partial charge in [0.15, 0.2) is 6.10 Å². The number of hydrogen-bond acceptors (Lipinski definition) is 6. The minimum atomic E-state index is -1.58. The van der Waals surface area contributed by atoms with E-state index in [9.17, 15) is 24.6 Å². The third kappa shape index (κ3) is 6.45. The molecule has 3 amide bonds. The second kappa shape index (κ2) is 12.0. The number of likely N-dealkylation sites (N-methyl/N-ethyl adjacent to an activating group) is 1. The number of carbonyl (C=O) groups is 3. The first-order valence-corrected chi connectivity index (χ1v) is 13.5. The molecule has 3 N–H and O–H groups in total. The fraction of sp³-hybridized carbons (Fsp3) is 0.464. The van der Waals surface area contributed by atoms with Crippen LogP contribution in [0.2, 0.25) is 0 Å². The third-order valence-corrected chi connectivity index (χ3v) is 8.17. The number of aliphatic hydroxyl groups excluding tert-OH is 1. The predicted molar refractivity (Wildman–Crippen MR) is 145 cm³/mol. The molecule has 1 fully saturated rings. The minimum Gasteiger partial charge on any atom is -0.508 e. The van der Waals surface area contributed by atoms with Gasteiger partial charge >= 0.3 is 0 Å². The van der Waals surface area contributed by atoms with E-state index in [0.717, 1.165) is 12.0 Å². The number of phenols is 1. The number of phenolic OH excluding ortho intramolecular Hbond substituents is 1. The van der Waals surface area contributed by atoms with E-state index in [4.69, 9.17) is 0 Å². The summed E-state index contributed by atoms with van der Waals surface area (Å²) in [7, 11) is 1.72. The topological polar surface area (TPSA) is 110 Å². The summed E-state index contributed by atoms with van der Waals surface area (Å²) in [6.45, 7) is 8.03. The summed E-state index contributed by atoms with van der Waals surface area (Å²) in [4.78, 5) is 43.3. The van der Waals surface area contributed by atoms with Crippen molar-refractivity contribution in [3.8, 4) is 5.75 Å². The molecule has 0 radical (unpaired) electrons. The smallest absolute Gasteiger partial charge is 0.254 e. The van der Waals surface area contributed by atoms with Gasteiger partial charge < -0.3 is 25.3 Å². The number of rotatable bonds is 9. The van der Waals surface area contributed by atoms with E-state index in [1.807, 2.05) is 51.1 Å².